The van der Waals surface area contributed by atoms with Crippen LogP contribution in [0.4, 0.5) is 0 Å². The Bertz CT molecular complexity index is 541. The molecule has 2 nitrogen and oxygen atoms in total. The molecule has 3 heterocycles. The molecule has 0 aromatic heterocycles. The Hall–Kier alpha value is 0.310. The van der Waals surface area contributed by atoms with Crippen molar-refractivity contribution in [2.45, 2.75) is 36.0 Å². The molecule has 21 heavy (non-hydrogen) atoms. The summed E-state index contributed by atoms with van der Waals surface area (Å²) in [5, 5.41) is 0. The van der Waals surface area contributed by atoms with E-state index in [4.69, 9.17) is 0 Å². The Morgan fingerprint density at radius 3 is 2.86 bits per heavy atom. The highest BCUT2D eigenvalue weighted by Crippen LogP contribution is 2.44. The zero-order chi connectivity index (χ0) is 14.7. The van der Waals surface area contributed by atoms with Crippen molar-refractivity contribution in [3.63, 3.8) is 0 Å². The highest BCUT2D eigenvalue weighted by Gasteiger charge is 2.41. The molecule has 0 bridgehead atoms. The summed E-state index contributed by atoms with van der Waals surface area (Å²) in [5.74, 6) is 0.514. The van der Waals surface area contributed by atoms with Crippen molar-refractivity contribution in [2.75, 3.05) is 24.1 Å². The van der Waals surface area contributed by atoms with Crippen LogP contribution in [0, 0.1) is 0 Å². The van der Waals surface area contributed by atoms with Crippen molar-refractivity contribution in [3.05, 3.63) is 23.8 Å². The number of carbonyl (C=O) groups is 1. The molecule has 3 rings (SSSR count). The van der Waals surface area contributed by atoms with Crippen LogP contribution in [0.3, 0.4) is 0 Å². The molecule has 1 unspecified atom stereocenters. The molecule has 0 aromatic rings. The van der Waals surface area contributed by atoms with Gasteiger partial charge in [0.25, 0.3) is 0 Å². The number of likely N-dealkylation sites (tertiary alicyclic amines) is 1. The minimum Gasteiger partial charge on any atom is -0.296 e. The highest BCUT2D eigenvalue weighted by atomic mass is 127. The number of rotatable bonds is 4. The van der Waals surface area contributed by atoms with Crippen molar-refractivity contribution < 1.29 is 4.79 Å². The van der Waals surface area contributed by atoms with Crippen molar-refractivity contribution in [1.29, 1.82) is 0 Å². The average molecular weight is 511 g/mol. The molecule has 0 saturated carbocycles. The highest BCUT2D eigenvalue weighted by molar-refractivity contribution is 14.2. The number of hydrogen-bond acceptors (Lipinski definition) is 2. The van der Waals surface area contributed by atoms with Gasteiger partial charge in [-0.3, -0.25) is 9.69 Å². The lowest BCUT2D eigenvalue weighted by Gasteiger charge is -2.29. The Balaban J connectivity index is 1.82. The van der Waals surface area contributed by atoms with Gasteiger partial charge in [0.05, 0.1) is 6.54 Å². The van der Waals surface area contributed by atoms with Crippen LogP contribution in [-0.2, 0) is 4.79 Å². The van der Waals surface area contributed by atoms with Gasteiger partial charge in [-0.2, -0.15) is 0 Å². The monoisotopic (exact) mass is 511 g/mol. The average Bonchev–Trinajstić information content (AvgIpc) is 3.10. The number of carbonyl (C=O) groups excluding carboxylic acids is 1. The Morgan fingerprint density at radius 1 is 1.33 bits per heavy atom. The molecule has 0 aliphatic carbocycles. The molecule has 3 aliphatic heterocycles. The summed E-state index contributed by atoms with van der Waals surface area (Å²) < 4.78 is 5.09. The first-order valence-corrected chi connectivity index (χ1v) is 12.7. The van der Waals surface area contributed by atoms with Crippen LogP contribution < -0.4 is 0 Å². The summed E-state index contributed by atoms with van der Waals surface area (Å²) in [4.78, 5) is 15.5. The van der Waals surface area contributed by atoms with Gasteiger partial charge < -0.3 is 0 Å². The second kappa shape index (κ2) is 7.25. The maximum atomic E-state index is 13.1. The molecule has 0 aromatic carbocycles. The standard InChI is InChI=1S/C17H23I2NO/c1-14-5-6-15(7-10-18-14)17(8-4-9-19-17)16(21)13-20-11-2-3-12-20/h5-7,9H,2-4,8,10-13H2,1H3. The molecule has 4 heteroatoms. The van der Waals surface area contributed by atoms with Crippen LogP contribution in [-0.4, -0.2) is 45.7 Å². The first-order valence-electron chi connectivity index (χ1n) is 7.74. The first-order chi connectivity index (χ1) is 10.2. The lowest BCUT2D eigenvalue weighted by molar-refractivity contribution is -0.121. The maximum Gasteiger partial charge on any atom is 0.166 e. The van der Waals surface area contributed by atoms with Crippen LogP contribution in [0.2, 0.25) is 0 Å². The van der Waals surface area contributed by atoms with E-state index in [0.717, 1.165) is 25.9 Å². The molecule has 1 saturated heterocycles. The molecule has 0 spiro atoms. The number of ketones is 1. The van der Waals surface area contributed by atoms with E-state index in [2.05, 4.69) is 34.1 Å². The van der Waals surface area contributed by atoms with E-state index < -0.39 is 0 Å². The molecule has 3 aliphatic rings. The Kier molecular flexibility index (Phi) is 5.59. The third kappa shape index (κ3) is 3.63. The smallest absolute Gasteiger partial charge is 0.166 e. The summed E-state index contributed by atoms with van der Waals surface area (Å²) in [6.45, 7) is 5.18. The molecular formula is C17H23I2NO. The second-order valence-corrected chi connectivity index (χ2v) is 12.6. The van der Waals surface area contributed by atoms with Gasteiger partial charge in [0.1, 0.15) is 3.42 Å². The minimum atomic E-state index is -0.143. The summed E-state index contributed by atoms with van der Waals surface area (Å²) >= 11 is 0.0164. The zero-order valence-corrected chi connectivity index (χ0v) is 16.9. The fourth-order valence-electron chi connectivity index (χ4n) is 3.19. The third-order valence-corrected chi connectivity index (χ3v) is 10.7. The molecule has 0 radical (unpaired) electrons. The van der Waals surface area contributed by atoms with Gasteiger partial charge in [0, 0.05) is 4.43 Å². The Labute approximate surface area is 147 Å². The summed E-state index contributed by atoms with van der Waals surface area (Å²) in [7, 11) is 0. The van der Waals surface area contributed by atoms with Gasteiger partial charge in [-0.25, -0.2) is 0 Å². The fraction of sp³-hybridized carbons (Fsp3) is 0.588. The van der Waals surface area contributed by atoms with Gasteiger partial charge >= 0.3 is 0 Å². The summed E-state index contributed by atoms with van der Waals surface area (Å²) in [6.07, 6.45) is 11.7. The van der Waals surface area contributed by atoms with Crippen LogP contribution in [0.15, 0.2) is 23.8 Å². The van der Waals surface area contributed by atoms with Crippen LogP contribution in [0.25, 0.3) is 0 Å². The fourth-order valence-corrected chi connectivity index (χ4v) is 8.28. The van der Waals surface area contributed by atoms with E-state index in [1.165, 1.54) is 22.8 Å². The molecule has 1 fully saturated rings. The van der Waals surface area contributed by atoms with E-state index >= 15 is 0 Å². The SMILES string of the molecule is CC1=ICC=C(C2(C(=O)CN3CCCC3)CCC=I2)C=C1. The van der Waals surface area contributed by atoms with Crippen molar-refractivity contribution in [1.82, 2.24) is 4.90 Å². The molecule has 116 valence electrons. The van der Waals surface area contributed by atoms with Gasteiger partial charge in [-0.15, -0.1) is 41.5 Å². The minimum absolute atomic E-state index is 0.0909. The number of halogens is 2. The quantitative estimate of drug-likeness (QED) is 0.425. The van der Waals surface area contributed by atoms with E-state index in [1.54, 1.807) is 3.51 Å². The Morgan fingerprint density at radius 2 is 2.14 bits per heavy atom. The second-order valence-electron chi connectivity index (χ2n) is 5.88. The molecule has 0 N–H and O–H groups in total. The topological polar surface area (TPSA) is 20.3 Å². The number of nitrogens with zero attached hydrogens (tertiary/aromatic N) is 1. The van der Waals surface area contributed by atoms with Crippen molar-refractivity contribution >= 4 is 54.8 Å². The van der Waals surface area contributed by atoms with E-state index in [-0.39, 0.29) is 44.9 Å². The van der Waals surface area contributed by atoms with Crippen LogP contribution in [0.5, 0.6) is 0 Å². The normalized spacial score (nSPS) is 30.1. The lowest BCUT2D eigenvalue weighted by Crippen LogP contribution is -2.41. The molecule has 0 amide bonds. The third-order valence-electron chi connectivity index (χ3n) is 4.40. The van der Waals surface area contributed by atoms with Gasteiger partial charge in [-0.05, 0) is 54.8 Å². The van der Waals surface area contributed by atoms with E-state index in [1.807, 2.05) is 0 Å². The summed E-state index contributed by atoms with van der Waals surface area (Å²) in [5.41, 5.74) is 1.37. The molecule has 1 atom stereocenters. The molecular weight excluding hydrogens is 488 g/mol. The number of hydrogen-bond donors (Lipinski definition) is 0. The van der Waals surface area contributed by atoms with Crippen LogP contribution >= 0.6 is 41.5 Å². The summed E-state index contributed by atoms with van der Waals surface area (Å²) in [6, 6.07) is 0. The number of Topliss-reactive ketones (excluding diaryl/α,β-unsaturated/α-hetero) is 1. The van der Waals surface area contributed by atoms with E-state index in [0.29, 0.717) is 12.3 Å². The number of allylic oxidation sites excluding steroid dienone is 4. The van der Waals surface area contributed by atoms with Crippen molar-refractivity contribution in [3.8, 4) is 0 Å². The number of alkyl halides is 2. The van der Waals surface area contributed by atoms with Gasteiger partial charge in [-0.1, -0.05) is 22.2 Å². The van der Waals surface area contributed by atoms with E-state index in [9.17, 15) is 4.79 Å². The van der Waals surface area contributed by atoms with Crippen LogP contribution in [0.1, 0.15) is 32.6 Å². The maximum absolute atomic E-state index is 13.1. The predicted molar refractivity (Wildman–Crippen MR) is 110 cm³/mol. The van der Waals surface area contributed by atoms with Crippen molar-refractivity contribution in [2.24, 2.45) is 0 Å². The van der Waals surface area contributed by atoms with Gasteiger partial charge in [0.15, 0.2) is 5.78 Å². The lowest BCUT2D eigenvalue weighted by atomic mass is 9.89. The first kappa shape index (κ1) is 16.2. The predicted octanol–water partition coefficient (Wildman–Crippen LogP) is 3.62. The largest absolute Gasteiger partial charge is 0.296 e. The van der Waals surface area contributed by atoms with Gasteiger partial charge in [0.2, 0.25) is 0 Å². The zero-order valence-electron chi connectivity index (χ0n) is 12.6.